The Kier molecular flexibility index (Phi) is 4.09. The molecule has 0 amide bonds. The molecule has 1 aliphatic rings. The number of pyridine rings is 1. The van der Waals surface area contributed by atoms with Crippen LogP contribution in [0.4, 0.5) is 0 Å². The standard InChI is InChI=1S/C28H22ClN3O2/c1-17-14-32(16-30-17)28-19-6-8-25(29)21(10-19)15-34-22-5-3-4-18(11-22)23-13-27(33)31(2)26-9-7-20(28)12-24(23)26/h3-14,16,28H,15H2,1-2H3/i2D3. The van der Waals surface area contributed by atoms with Gasteiger partial charge in [-0.25, -0.2) is 4.98 Å². The molecule has 3 aromatic carbocycles. The number of halogens is 1. The molecule has 0 saturated heterocycles. The second kappa shape index (κ2) is 7.89. The Morgan fingerprint density at radius 3 is 2.76 bits per heavy atom. The van der Waals surface area contributed by atoms with E-state index in [1.807, 2.05) is 72.3 Å². The van der Waals surface area contributed by atoms with Crippen LogP contribution in [0.1, 0.15) is 32.5 Å². The Balaban J connectivity index is 1.73. The molecule has 6 bridgehead atoms. The molecular weight excluding hydrogens is 446 g/mol. The molecule has 34 heavy (non-hydrogen) atoms. The van der Waals surface area contributed by atoms with Crippen LogP contribution in [0.25, 0.3) is 22.0 Å². The first kappa shape index (κ1) is 17.6. The minimum Gasteiger partial charge on any atom is -0.489 e. The van der Waals surface area contributed by atoms with Gasteiger partial charge in [0.05, 0.1) is 23.6 Å². The number of fused-ring (bicyclic) bond motifs is 6. The summed E-state index contributed by atoms with van der Waals surface area (Å²) in [7, 11) is 0. The summed E-state index contributed by atoms with van der Waals surface area (Å²) in [5.41, 5.74) is 4.72. The van der Waals surface area contributed by atoms with Crippen LogP contribution in [-0.2, 0) is 13.6 Å². The molecule has 1 unspecified atom stereocenters. The van der Waals surface area contributed by atoms with Crippen molar-refractivity contribution in [3.05, 3.63) is 117 Å². The lowest BCUT2D eigenvalue weighted by Crippen LogP contribution is -2.17. The van der Waals surface area contributed by atoms with Crippen molar-refractivity contribution in [1.82, 2.24) is 14.1 Å². The van der Waals surface area contributed by atoms with E-state index in [1.54, 1.807) is 12.4 Å². The van der Waals surface area contributed by atoms with Crippen LogP contribution in [0.15, 0.2) is 84.0 Å². The monoisotopic (exact) mass is 470 g/mol. The second-order valence-corrected chi connectivity index (χ2v) is 8.95. The third-order valence-corrected chi connectivity index (χ3v) is 6.68. The molecule has 3 heterocycles. The number of hydrogen-bond donors (Lipinski definition) is 0. The molecule has 0 fully saturated rings. The van der Waals surface area contributed by atoms with Gasteiger partial charge in [0.2, 0.25) is 0 Å². The highest BCUT2D eigenvalue weighted by Crippen LogP contribution is 2.36. The van der Waals surface area contributed by atoms with Crippen molar-refractivity contribution in [3.63, 3.8) is 0 Å². The summed E-state index contributed by atoms with van der Waals surface area (Å²) < 4.78 is 33.1. The fraction of sp³-hybridized carbons (Fsp3) is 0.143. The zero-order valence-electron chi connectivity index (χ0n) is 21.3. The van der Waals surface area contributed by atoms with Crippen LogP contribution in [0.3, 0.4) is 0 Å². The normalized spacial score (nSPS) is 16.5. The number of aryl methyl sites for hydroxylation is 2. The molecular formula is C28H22ClN3O2. The van der Waals surface area contributed by atoms with Gasteiger partial charge in [-0.15, -0.1) is 0 Å². The molecule has 6 heteroatoms. The van der Waals surface area contributed by atoms with Crippen molar-refractivity contribution in [3.8, 4) is 16.9 Å². The lowest BCUT2D eigenvalue weighted by atomic mass is 9.93. The lowest BCUT2D eigenvalue weighted by Gasteiger charge is -2.22. The molecule has 0 aliphatic carbocycles. The summed E-state index contributed by atoms with van der Waals surface area (Å²) in [6, 6.07) is 20.0. The van der Waals surface area contributed by atoms with E-state index >= 15 is 0 Å². The largest absolute Gasteiger partial charge is 0.489 e. The molecule has 6 rings (SSSR count). The van der Waals surface area contributed by atoms with Gasteiger partial charge in [-0.3, -0.25) is 4.79 Å². The smallest absolute Gasteiger partial charge is 0.251 e. The van der Waals surface area contributed by atoms with Crippen molar-refractivity contribution in [2.24, 2.45) is 6.98 Å². The van der Waals surface area contributed by atoms with E-state index in [0.717, 1.165) is 32.5 Å². The summed E-state index contributed by atoms with van der Waals surface area (Å²) in [4.78, 5) is 17.5. The lowest BCUT2D eigenvalue weighted by molar-refractivity contribution is 0.306. The van der Waals surface area contributed by atoms with Gasteiger partial charge in [0.25, 0.3) is 5.56 Å². The minimum absolute atomic E-state index is 0.263. The Labute approximate surface area is 206 Å². The average molecular weight is 471 g/mol. The maximum Gasteiger partial charge on any atom is 0.251 e. The van der Waals surface area contributed by atoms with Gasteiger partial charge in [0.15, 0.2) is 0 Å². The van der Waals surface area contributed by atoms with Crippen LogP contribution in [0, 0.1) is 6.92 Å². The summed E-state index contributed by atoms with van der Waals surface area (Å²) >= 11 is 6.55. The second-order valence-electron chi connectivity index (χ2n) is 8.54. The summed E-state index contributed by atoms with van der Waals surface area (Å²) in [6.07, 6.45) is 3.74. The third kappa shape index (κ3) is 3.40. The summed E-state index contributed by atoms with van der Waals surface area (Å²) in [5, 5.41) is 1.25. The van der Waals surface area contributed by atoms with Gasteiger partial charge in [-0.1, -0.05) is 35.9 Å². The fourth-order valence-corrected chi connectivity index (χ4v) is 4.84. The number of rotatable bonds is 1. The predicted molar refractivity (Wildman–Crippen MR) is 135 cm³/mol. The predicted octanol–water partition coefficient (Wildman–Crippen LogP) is 5.89. The zero-order chi connectivity index (χ0) is 25.9. The fourth-order valence-electron chi connectivity index (χ4n) is 4.67. The molecule has 0 spiro atoms. The van der Waals surface area contributed by atoms with Gasteiger partial charge in [0, 0.05) is 39.3 Å². The van der Waals surface area contributed by atoms with Crippen LogP contribution >= 0.6 is 11.6 Å². The number of imidazole rings is 1. The molecule has 5 nitrogen and oxygen atoms in total. The molecule has 0 N–H and O–H groups in total. The van der Waals surface area contributed by atoms with Crippen molar-refractivity contribution >= 4 is 22.5 Å². The van der Waals surface area contributed by atoms with Gasteiger partial charge >= 0.3 is 0 Å². The highest BCUT2D eigenvalue weighted by atomic mass is 35.5. The quantitative estimate of drug-likeness (QED) is 0.307. The first-order valence-electron chi connectivity index (χ1n) is 12.4. The van der Waals surface area contributed by atoms with Crippen LogP contribution in [-0.4, -0.2) is 14.1 Å². The van der Waals surface area contributed by atoms with E-state index in [4.69, 9.17) is 20.5 Å². The molecule has 0 saturated carbocycles. The van der Waals surface area contributed by atoms with E-state index < -0.39 is 12.5 Å². The number of ether oxygens (including phenoxy) is 1. The number of aromatic nitrogens is 3. The number of hydrogen-bond acceptors (Lipinski definition) is 3. The average Bonchev–Trinajstić information content (AvgIpc) is 3.28. The van der Waals surface area contributed by atoms with Gasteiger partial charge in [-0.05, 0) is 65.6 Å². The highest BCUT2D eigenvalue weighted by molar-refractivity contribution is 6.31. The summed E-state index contributed by atoms with van der Waals surface area (Å²) in [5.74, 6) is 0.615. The van der Waals surface area contributed by atoms with Gasteiger partial charge in [0.1, 0.15) is 12.4 Å². The van der Waals surface area contributed by atoms with Crippen LogP contribution in [0.5, 0.6) is 5.75 Å². The molecule has 0 radical (unpaired) electrons. The molecule has 5 aromatic rings. The maximum absolute atomic E-state index is 13.1. The minimum atomic E-state index is -2.63. The Morgan fingerprint density at radius 1 is 1.09 bits per heavy atom. The van der Waals surface area contributed by atoms with Crippen LogP contribution < -0.4 is 10.3 Å². The topological polar surface area (TPSA) is 49.0 Å². The van der Waals surface area contributed by atoms with Crippen molar-refractivity contribution in [2.45, 2.75) is 19.6 Å². The molecule has 1 aliphatic heterocycles. The zero-order valence-corrected chi connectivity index (χ0v) is 19.1. The first-order valence-corrected chi connectivity index (χ1v) is 11.3. The Hall–Kier alpha value is -3.83. The van der Waals surface area contributed by atoms with E-state index in [1.165, 1.54) is 6.07 Å². The van der Waals surface area contributed by atoms with E-state index in [-0.39, 0.29) is 12.6 Å². The van der Waals surface area contributed by atoms with Gasteiger partial charge in [-0.2, -0.15) is 0 Å². The van der Waals surface area contributed by atoms with E-state index in [0.29, 0.717) is 27.2 Å². The SMILES string of the molecule is [2H]C([2H])([2H])n1c(=O)cc2c3cc(ccc31)C(n1cnc(C)c1)c1ccc(Cl)c(c1)COc1cccc-2c1. The Morgan fingerprint density at radius 2 is 1.94 bits per heavy atom. The Bertz CT molecular complexity index is 1740. The van der Waals surface area contributed by atoms with E-state index in [2.05, 4.69) is 4.98 Å². The third-order valence-electron chi connectivity index (χ3n) is 6.31. The van der Waals surface area contributed by atoms with Crippen molar-refractivity contribution in [2.75, 3.05) is 0 Å². The molecule has 1 atom stereocenters. The van der Waals surface area contributed by atoms with Crippen molar-refractivity contribution < 1.29 is 8.85 Å². The van der Waals surface area contributed by atoms with Crippen molar-refractivity contribution in [1.29, 1.82) is 0 Å². The van der Waals surface area contributed by atoms with E-state index in [9.17, 15) is 4.79 Å². The van der Waals surface area contributed by atoms with Crippen LogP contribution in [0.2, 0.25) is 5.02 Å². The molecule has 2 aromatic heterocycles. The number of benzene rings is 3. The molecule has 168 valence electrons. The maximum atomic E-state index is 13.1. The number of nitrogens with zero attached hydrogens (tertiary/aromatic N) is 3. The first-order chi connectivity index (χ1) is 17.7. The van der Waals surface area contributed by atoms with Gasteiger partial charge < -0.3 is 13.9 Å². The summed E-state index contributed by atoms with van der Waals surface area (Å²) in [6.45, 7) is -0.438. The highest BCUT2D eigenvalue weighted by Gasteiger charge is 2.21.